The number of hydrogen-bond donors (Lipinski definition) is 2. The van der Waals surface area contributed by atoms with Gasteiger partial charge in [-0.2, -0.15) is 9.40 Å². The van der Waals surface area contributed by atoms with Crippen molar-refractivity contribution in [2.75, 3.05) is 39.5 Å². The molecule has 3 aromatic heterocycles. The number of ether oxygens (including phenoxy) is 1. The van der Waals surface area contributed by atoms with Gasteiger partial charge in [0.05, 0.1) is 30.6 Å². The van der Waals surface area contributed by atoms with Crippen LogP contribution in [0.1, 0.15) is 73.0 Å². The number of aromatic nitrogens is 5. The number of imidazole rings is 1. The zero-order chi connectivity index (χ0) is 28.3. The summed E-state index contributed by atoms with van der Waals surface area (Å²) in [4.78, 5) is 28.7. The number of fused-ring (bicyclic) bond motifs is 1. The van der Waals surface area contributed by atoms with Gasteiger partial charge in [0.1, 0.15) is 11.5 Å². The lowest BCUT2D eigenvalue weighted by Gasteiger charge is -2.32. The summed E-state index contributed by atoms with van der Waals surface area (Å²) in [7, 11) is 0.165. The molecular formula is C27H40N8O4S. The summed E-state index contributed by atoms with van der Waals surface area (Å²) in [6.07, 6.45) is 10.9. The van der Waals surface area contributed by atoms with Crippen molar-refractivity contribution < 1.29 is 17.9 Å². The molecule has 0 radical (unpaired) electrons. The van der Waals surface area contributed by atoms with E-state index in [2.05, 4.69) is 20.3 Å². The fourth-order valence-electron chi connectivity index (χ4n) is 5.92. The van der Waals surface area contributed by atoms with E-state index in [1.807, 2.05) is 6.07 Å². The van der Waals surface area contributed by atoms with Gasteiger partial charge in [-0.1, -0.05) is 32.1 Å². The molecule has 3 aromatic rings. The van der Waals surface area contributed by atoms with Crippen molar-refractivity contribution in [3.05, 3.63) is 35.5 Å². The van der Waals surface area contributed by atoms with Crippen molar-refractivity contribution in [3.8, 4) is 5.88 Å². The minimum atomic E-state index is -3.18. The van der Waals surface area contributed by atoms with Crippen molar-refractivity contribution in [1.29, 1.82) is 0 Å². The molecule has 0 bridgehead atoms. The van der Waals surface area contributed by atoms with E-state index in [4.69, 9.17) is 14.7 Å². The quantitative estimate of drug-likeness (QED) is 0.420. The molecule has 2 N–H and O–H groups in total. The van der Waals surface area contributed by atoms with E-state index in [0.717, 1.165) is 36.9 Å². The Bertz CT molecular complexity index is 1420. The number of H-pyrrole nitrogens is 1. The maximum Gasteiger partial charge on any atom is 0.270 e. The van der Waals surface area contributed by atoms with Crippen molar-refractivity contribution in [1.82, 2.24) is 39.3 Å². The first kappa shape index (κ1) is 28.5. The molecule has 40 heavy (non-hydrogen) atoms. The molecule has 1 aliphatic heterocycles. The van der Waals surface area contributed by atoms with Crippen LogP contribution in [0.15, 0.2) is 18.3 Å². The lowest BCUT2D eigenvalue weighted by atomic mass is 9.85. The van der Waals surface area contributed by atoms with E-state index in [1.165, 1.54) is 29.8 Å². The van der Waals surface area contributed by atoms with Crippen LogP contribution in [0.25, 0.3) is 11.0 Å². The molecule has 1 atom stereocenters. The standard InChI is InChI=1S/C27H40N8O4S/c1-33-22(11-12-28-33)26(36)32-23(19-9-7-5-4-6-8-10-19)25-30-21-17-20(29-27(39-2)24(21)31-25)18-34-13-15-35(16-14-34)40(3,37)38/h11-12,17,19,23H,4-10,13-16,18H2,1-3H3,(H,30,31)(H,32,36). The predicted octanol–water partition coefficient (Wildman–Crippen LogP) is 2.61. The normalized spacial score (nSPS) is 19.3. The third-order valence-electron chi connectivity index (χ3n) is 8.14. The first-order valence-electron chi connectivity index (χ1n) is 14.1. The van der Waals surface area contributed by atoms with Crippen LogP contribution in [-0.4, -0.2) is 87.8 Å². The van der Waals surface area contributed by atoms with Crippen LogP contribution in [0, 0.1) is 5.92 Å². The van der Waals surface area contributed by atoms with Gasteiger partial charge >= 0.3 is 0 Å². The summed E-state index contributed by atoms with van der Waals surface area (Å²) < 4.78 is 32.5. The van der Waals surface area contributed by atoms with Crippen LogP contribution in [0.4, 0.5) is 0 Å². The van der Waals surface area contributed by atoms with E-state index in [-0.39, 0.29) is 17.9 Å². The third-order valence-corrected chi connectivity index (χ3v) is 9.45. The molecule has 2 aliphatic rings. The number of methoxy groups -OCH3 is 1. The van der Waals surface area contributed by atoms with Gasteiger partial charge in [-0.15, -0.1) is 0 Å². The number of nitrogens with one attached hydrogen (secondary N) is 2. The van der Waals surface area contributed by atoms with E-state index in [1.54, 1.807) is 31.1 Å². The largest absolute Gasteiger partial charge is 0.479 e. The second-order valence-corrected chi connectivity index (χ2v) is 13.0. The summed E-state index contributed by atoms with van der Waals surface area (Å²) >= 11 is 0. The van der Waals surface area contributed by atoms with Crippen molar-refractivity contribution in [3.63, 3.8) is 0 Å². The molecule has 1 unspecified atom stereocenters. The van der Waals surface area contributed by atoms with Crippen molar-refractivity contribution in [2.24, 2.45) is 13.0 Å². The number of piperazine rings is 1. The summed E-state index contributed by atoms with van der Waals surface area (Å²) in [6, 6.07) is 3.42. The van der Waals surface area contributed by atoms with Gasteiger partial charge in [-0.25, -0.2) is 18.4 Å². The number of aryl methyl sites for hydroxylation is 1. The van der Waals surface area contributed by atoms with E-state index < -0.39 is 10.0 Å². The lowest BCUT2D eigenvalue weighted by Crippen LogP contribution is -2.47. The highest BCUT2D eigenvalue weighted by Crippen LogP contribution is 2.34. The number of sulfonamides is 1. The maximum absolute atomic E-state index is 13.3. The van der Waals surface area contributed by atoms with Gasteiger partial charge < -0.3 is 15.0 Å². The van der Waals surface area contributed by atoms with Crippen LogP contribution >= 0.6 is 0 Å². The molecule has 1 saturated heterocycles. The van der Waals surface area contributed by atoms with E-state index in [9.17, 15) is 13.2 Å². The van der Waals surface area contributed by atoms with Crippen molar-refractivity contribution >= 4 is 27.0 Å². The Labute approximate surface area is 235 Å². The number of hydrogen-bond acceptors (Lipinski definition) is 8. The third kappa shape index (κ3) is 6.47. The van der Waals surface area contributed by atoms with E-state index >= 15 is 0 Å². The molecule has 0 aromatic carbocycles. The van der Waals surface area contributed by atoms with Crippen LogP contribution in [-0.2, 0) is 23.6 Å². The van der Waals surface area contributed by atoms with Crippen LogP contribution in [0.5, 0.6) is 5.88 Å². The van der Waals surface area contributed by atoms with Gasteiger partial charge in [0.2, 0.25) is 15.9 Å². The highest BCUT2D eigenvalue weighted by Gasteiger charge is 2.30. The van der Waals surface area contributed by atoms with Crippen LogP contribution in [0.2, 0.25) is 0 Å². The zero-order valence-electron chi connectivity index (χ0n) is 23.6. The first-order valence-corrected chi connectivity index (χ1v) is 16.0. The molecule has 2 fully saturated rings. The SMILES string of the molecule is COc1nc(CN2CCN(S(C)(=O)=O)CC2)cc2[nH]c(C(NC(=O)c3ccnn3C)C3CCCCCCC3)nc12. The highest BCUT2D eigenvalue weighted by atomic mass is 32.2. The monoisotopic (exact) mass is 572 g/mol. The van der Waals surface area contributed by atoms with Crippen molar-refractivity contribution in [2.45, 2.75) is 57.5 Å². The molecule has 5 rings (SSSR count). The predicted molar refractivity (Wildman–Crippen MR) is 151 cm³/mol. The number of carbonyl (C=O) groups is 1. The van der Waals surface area contributed by atoms with Crippen LogP contribution < -0.4 is 10.1 Å². The Morgan fingerprint density at radius 1 is 1.12 bits per heavy atom. The molecule has 218 valence electrons. The number of nitrogens with zero attached hydrogens (tertiary/aromatic N) is 6. The molecular weight excluding hydrogens is 532 g/mol. The molecule has 0 spiro atoms. The number of aromatic amines is 1. The molecule has 1 amide bonds. The smallest absolute Gasteiger partial charge is 0.270 e. The number of rotatable bonds is 8. The summed E-state index contributed by atoms with van der Waals surface area (Å²) in [5.41, 5.74) is 2.75. The minimum absolute atomic E-state index is 0.175. The second kappa shape index (κ2) is 12.2. The molecule has 1 saturated carbocycles. The minimum Gasteiger partial charge on any atom is -0.479 e. The topological polar surface area (TPSA) is 138 Å². The van der Waals surface area contributed by atoms with Gasteiger partial charge in [0, 0.05) is 46.0 Å². The Hall–Kier alpha value is -3.03. The van der Waals surface area contributed by atoms with E-state index in [0.29, 0.717) is 55.6 Å². The van der Waals surface area contributed by atoms with Gasteiger partial charge in [-0.3, -0.25) is 14.4 Å². The highest BCUT2D eigenvalue weighted by molar-refractivity contribution is 7.88. The maximum atomic E-state index is 13.3. The van der Waals surface area contributed by atoms with Gasteiger partial charge in [-0.05, 0) is 30.9 Å². The average Bonchev–Trinajstić information content (AvgIpc) is 3.53. The summed E-state index contributed by atoms with van der Waals surface area (Å²) in [6.45, 7) is 2.76. The van der Waals surface area contributed by atoms with Crippen LogP contribution in [0.3, 0.4) is 0 Å². The molecule has 13 heteroatoms. The van der Waals surface area contributed by atoms with Gasteiger partial charge in [0.15, 0.2) is 5.52 Å². The second-order valence-electron chi connectivity index (χ2n) is 11.0. The number of amides is 1. The Balaban J connectivity index is 1.42. The van der Waals surface area contributed by atoms with Gasteiger partial charge in [0.25, 0.3) is 5.91 Å². The number of pyridine rings is 1. The lowest BCUT2D eigenvalue weighted by molar-refractivity contribution is 0.0902. The average molecular weight is 573 g/mol. The molecule has 12 nitrogen and oxygen atoms in total. The summed E-state index contributed by atoms with van der Waals surface area (Å²) in [5.74, 6) is 1.21. The zero-order valence-corrected chi connectivity index (χ0v) is 24.4. The fourth-order valence-corrected chi connectivity index (χ4v) is 6.74. The Kier molecular flexibility index (Phi) is 8.71. The Morgan fingerprint density at radius 2 is 1.82 bits per heavy atom. The molecule has 4 heterocycles. The number of carbonyl (C=O) groups excluding carboxylic acids is 1. The first-order chi connectivity index (χ1) is 19.2. The molecule has 1 aliphatic carbocycles. The fraction of sp³-hybridized carbons (Fsp3) is 0.630. The summed E-state index contributed by atoms with van der Waals surface area (Å²) in [5, 5.41) is 7.43. The Morgan fingerprint density at radius 3 is 2.45 bits per heavy atom.